The van der Waals surface area contributed by atoms with Crippen LogP contribution >= 0.6 is 23.2 Å². The van der Waals surface area contributed by atoms with E-state index in [1.54, 1.807) is 12.1 Å². The van der Waals surface area contributed by atoms with Crippen LogP contribution in [-0.4, -0.2) is 17.2 Å². The number of hydrogen-bond acceptors (Lipinski definition) is 3. The Bertz CT molecular complexity index is 752. The van der Waals surface area contributed by atoms with Crippen molar-refractivity contribution in [2.45, 2.75) is 19.1 Å². The minimum absolute atomic E-state index is 0.0315. The molecule has 0 aliphatic carbocycles. The molecular formula is C17H15Cl2NO4. The average Bonchev–Trinajstić information content (AvgIpc) is 2.56. The van der Waals surface area contributed by atoms with Gasteiger partial charge in [0.2, 0.25) is 0 Å². The van der Waals surface area contributed by atoms with Crippen molar-refractivity contribution in [3.63, 3.8) is 0 Å². The largest absolute Gasteiger partial charge is 0.479 e. The van der Waals surface area contributed by atoms with Crippen LogP contribution in [0, 0.1) is 0 Å². The molecule has 126 valence electrons. The Morgan fingerprint density at radius 3 is 2.38 bits per heavy atom. The standard InChI is InChI=1S/C17H15Cl2NO4/c1-17(15(21)22,12-7-8-13(18)14(19)9-12)20-16(23)24-10-11-5-3-2-4-6-11/h2-9H,10H2,1H3,(H,20,23)(H,21,22). The molecule has 0 aromatic heterocycles. The molecule has 5 nitrogen and oxygen atoms in total. The topological polar surface area (TPSA) is 75.6 Å². The van der Waals surface area contributed by atoms with Gasteiger partial charge in [0.25, 0.3) is 0 Å². The Morgan fingerprint density at radius 1 is 1.12 bits per heavy atom. The third-order valence-corrected chi connectivity index (χ3v) is 4.23. The first-order valence-electron chi connectivity index (χ1n) is 7.00. The summed E-state index contributed by atoms with van der Waals surface area (Å²) in [6, 6.07) is 13.4. The van der Waals surface area contributed by atoms with Crippen molar-refractivity contribution in [1.82, 2.24) is 5.32 Å². The lowest BCUT2D eigenvalue weighted by atomic mass is 9.92. The highest BCUT2D eigenvalue weighted by Crippen LogP contribution is 2.29. The molecular weight excluding hydrogens is 353 g/mol. The van der Waals surface area contributed by atoms with E-state index in [2.05, 4.69) is 5.32 Å². The van der Waals surface area contributed by atoms with Crippen LogP contribution in [-0.2, 0) is 21.7 Å². The molecule has 1 unspecified atom stereocenters. The quantitative estimate of drug-likeness (QED) is 0.829. The van der Waals surface area contributed by atoms with E-state index in [1.165, 1.54) is 25.1 Å². The number of rotatable bonds is 5. The molecule has 2 aromatic rings. The van der Waals surface area contributed by atoms with Gasteiger partial charge in [0.1, 0.15) is 6.61 Å². The maximum absolute atomic E-state index is 12.0. The third-order valence-electron chi connectivity index (χ3n) is 3.49. The van der Waals surface area contributed by atoms with Gasteiger partial charge in [-0.25, -0.2) is 9.59 Å². The highest BCUT2D eigenvalue weighted by Gasteiger charge is 2.38. The minimum Gasteiger partial charge on any atom is -0.479 e. The summed E-state index contributed by atoms with van der Waals surface area (Å²) in [6.07, 6.45) is -0.852. The summed E-state index contributed by atoms with van der Waals surface area (Å²) in [7, 11) is 0. The van der Waals surface area contributed by atoms with Crippen molar-refractivity contribution < 1.29 is 19.4 Å². The first-order chi connectivity index (χ1) is 11.3. The monoisotopic (exact) mass is 367 g/mol. The normalized spacial score (nSPS) is 13.0. The highest BCUT2D eigenvalue weighted by atomic mass is 35.5. The molecule has 0 heterocycles. The second-order valence-corrected chi connectivity index (χ2v) is 6.06. The Kier molecular flexibility index (Phi) is 5.70. The van der Waals surface area contributed by atoms with Crippen molar-refractivity contribution in [2.75, 3.05) is 0 Å². The van der Waals surface area contributed by atoms with Gasteiger partial charge in [-0.15, -0.1) is 0 Å². The van der Waals surface area contributed by atoms with Crippen LogP contribution in [0.25, 0.3) is 0 Å². The second-order valence-electron chi connectivity index (χ2n) is 5.25. The fraction of sp³-hybridized carbons (Fsp3) is 0.176. The summed E-state index contributed by atoms with van der Waals surface area (Å²) in [5.74, 6) is -1.25. The minimum atomic E-state index is -1.71. The second kappa shape index (κ2) is 7.55. The van der Waals surface area contributed by atoms with Gasteiger partial charge in [-0.2, -0.15) is 0 Å². The van der Waals surface area contributed by atoms with Crippen LogP contribution < -0.4 is 5.32 Å². The Hall–Kier alpha value is -2.24. The van der Waals surface area contributed by atoms with E-state index in [-0.39, 0.29) is 17.2 Å². The van der Waals surface area contributed by atoms with Gasteiger partial charge in [-0.1, -0.05) is 59.6 Å². The van der Waals surface area contributed by atoms with E-state index in [9.17, 15) is 14.7 Å². The van der Waals surface area contributed by atoms with E-state index >= 15 is 0 Å². The number of carboxylic acid groups (broad SMARTS) is 1. The summed E-state index contributed by atoms with van der Waals surface area (Å²) in [5.41, 5.74) is -0.637. The molecule has 2 rings (SSSR count). The van der Waals surface area contributed by atoms with Crippen molar-refractivity contribution >= 4 is 35.3 Å². The molecule has 2 N–H and O–H groups in total. The van der Waals surface area contributed by atoms with Crippen LogP contribution in [0.5, 0.6) is 0 Å². The molecule has 7 heteroatoms. The predicted molar refractivity (Wildman–Crippen MR) is 91.2 cm³/mol. The summed E-state index contributed by atoms with van der Waals surface area (Å²) in [4.78, 5) is 23.7. The summed E-state index contributed by atoms with van der Waals surface area (Å²) in [5, 5.41) is 12.4. The highest BCUT2D eigenvalue weighted by molar-refractivity contribution is 6.42. The number of carbonyl (C=O) groups is 2. The molecule has 0 aliphatic heterocycles. The number of carboxylic acids is 1. The average molecular weight is 368 g/mol. The fourth-order valence-corrected chi connectivity index (χ4v) is 2.32. The molecule has 1 amide bonds. The molecule has 0 bridgehead atoms. The SMILES string of the molecule is CC(NC(=O)OCc1ccccc1)(C(=O)O)c1ccc(Cl)c(Cl)c1. The van der Waals surface area contributed by atoms with Gasteiger partial charge in [-0.3, -0.25) is 0 Å². The molecule has 2 aromatic carbocycles. The first kappa shape index (κ1) is 18.1. The van der Waals surface area contributed by atoms with E-state index in [0.717, 1.165) is 5.56 Å². The Labute approximate surface area is 149 Å². The molecule has 0 radical (unpaired) electrons. The maximum atomic E-state index is 12.0. The van der Waals surface area contributed by atoms with Crippen molar-refractivity contribution in [3.8, 4) is 0 Å². The number of ether oxygens (including phenoxy) is 1. The van der Waals surface area contributed by atoms with E-state index in [1.807, 2.05) is 18.2 Å². The van der Waals surface area contributed by atoms with Gasteiger partial charge in [-0.05, 0) is 30.2 Å². The molecule has 0 spiro atoms. The van der Waals surface area contributed by atoms with E-state index < -0.39 is 17.6 Å². The zero-order valence-electron chi connectivity index (χ0n) is 12.8. The van der Waals surface area contributed by atoms with Crippen molar-refractivity contribution in [1.29, 1.82) is 0 Å². The van der Waals surface area contributed by atoms with Crippen LogP contribution in [0.3, 0.4) is 0 Å². The predicted octanol–water partition coefficient (Wildman–Crippen LogP) is 4.22. The number of halogens is 2. The number of hydrogen-bond donors (Lipinski definition) is 2. The van der Waals surface area contributed by atoms with Crippen LogP contribution in [0.15, 0.2) is 48.5 Å². The number of benzene rings is 2. The lowest BCUT2D eigenvalue weighted by Gasteiger charge is -2.26. The smallest absolute Gasteiger partial charge is 0.408 e. The van der Waals surface area contributed by atoms with E-state index in [0.29, 0.717) is 5.02 Å². The Balaban J connectivity index is 2.13. The van der Waals surface area contributed by atoms with Gasteiger partial charge in [0.05, 0.1) is 10.0 Å². The molecule has 0 saturated carbocycles. The molecule has 1 atom stereocenters. The van der Waals surface area contributed by atoms with Crippen LogP contribution in [0.2, 0.25) is 10.0 Å². The molecule has 0 fully saturated rings. The number of alkyl carbamates (subject to hydrolysis) is 1. The maximum Gasteiger partial charge on any atom is 0.408 e. The first-order valence-corrected chi connectivity index (χ1v) is 7.76. The summed E-state index contributed by atoms with van der Waals surface area (Å²) in [6.45, 7) is 1.38. The van der Waals surface area contributed by atoms with Gasteiger partial charge < -0.3 is 15.2 Å². The van der Waals surface area contributed by atoms with Crippen molar-refractivity contribution in [3.05, 3.63) is 69.7 Å². The number of amides is 1. The van der Waals surface area contributed by atoms with Gasteiger partial charge >= 0.3 is 12.1 Å². The number of aliphatic carboxylic acids is 1. The lowest BCUT2D eigenvalue weighted by molar-refractivity contribution is -0.144. The van der Waals surface area contributed by atoms with E-state index in [4.69, 9.17) is 27.9 Å². The van der Waals surface area contributed by atoms with Gasteiger partial charge in [0, 0.05) is 0 Å². The zero-order valence-corrected chi connectivity index (χ0v) is 14.3. The van der Waals surface area contributed by atoms with Crippen LogP contribution in [0.1, 0.15) is 18.1 Å². The zero-order chi connectivity index (χ0) is 17.7. The summed E-state index contributed by atoms with van der Waals surface area (Å²) < 4.78 is 5.08. The number of nitrogens with one attached hydrogen (secondary N) is 1. The fourth-order valence-electron chi connectivity index (χ4n) is 2.02. The lowest BCUT2D eigenvalue weighted by Crippen LogP contribution is -2.49. The molecule has 0 aliphatic rings. The van der Waals surface area contributed by atoms with Crippen molar-refractivity contribution in [2.24, 2.45) is 0 Å². The van der Waals surface area contributed by atoms with Gasteiger partial charge in [0.15, 0.2) is 5.54 Å². The Morgan fingerprint density at radius 2 is 1.79 bits per heavy atom. The number of carbonyl (C=O) groups excluding carboxylic acids is 1. The molecule has 0 saturated heterocycles. The van der Waals surface area contributed by atoms with Crippen LogP contribution in [0.4, 0.5) is 4.79 Å². The third kappa shape index (κ3) is 4.19. The molecule has 24 heavy (non-hydrogen) atoms. The summed E-state index contributed by atoms with van der Waals surface area (Å²) >= 11 is 11.8.